The summed E-state index contributed by atoms with van der Waals surface area (Å²) in [5, 5.41) is 2.57. The van der Waals surface area contributed by atoms with Gasteiger partial charge < -0.3 is 10.2 Å². The van der Waals surface area contributed by atoms with Crippen LogP contribution in [0.15, 0.2) is 47.4 Å². The van der Waals surface area contributed by atoms with Crippen LogP contribution in [0.25, 0.3) is 0 Å². The third-order valence-corrected chi connectivity index (χ3v) is 6.80. The molecule has 0 spiro atoms. The maximum atomic E-state index is 13.1. The molecule has 1 aliphatic rings. The maximum Gasteiger partial charge on any atom is 0.255 e. The zero-order valence-corrected chi connectivity index (χ0v) is 17.1. The van der Waals surface area contributed by atoms with Gasteiger partial charge in [-0.25, -0.2) is 12.8 Å². The van der Waals surface area contributed by atoms with Crippen LogP contribution in [0.4, 0.5) is 10.1 Å². The van der Waals surface area contributed by atoms with E-state index in [0.717, 1.165) is 12.1 Å². The average Bonchev–Trinajstić information content (AvgIpc) is 2.70. The third kappa shape index (κ3) is 4.75. The Morgan fingerprint density at radius 1 is 1.07 bits per heavy atom. The molecule has 2 aromatic rings. The number of anilines is 1. The summed E-state index contributed by atoms with van der Waals surface area (Å²) < 4.78 is 40.3. The van der Waals surface area contributed by atoms with Gasteiger partial charge in [-0.05, 0) is 36.4 Å². The lowest BCUT2D eigenvalue weighted by atomic mass is 10.2. The summed E-state index contributed by atoms with van der Waals surface area (Å²) in [5.74, 6) is -1.21. The van der Waals surface area contributed by atoms with E-state index in [-0.39, 0.29) is 40.2 Å². The number of carbonyl (C=O) groups excluding carboxylic acids is 2. The van der Waals surface area contributed by atoms with Gasteiger partial charge in [0.2, 0.25) is 15.9 Å². The molecule has 0 atom stereocenters. The molecule has 0 aliphatic carbocycles. The first kappa shape index (κ1) is 21.2. The molecule has 1 N–H and O–H groups in total. The molecule has 29 heavy (non-hydrogen) atoms. The summed E-state index contributed by atoms with van der Waals surface area (Å²) in [5.41, 5.74) is 0.334. The predicted octanol–water partition coefficient (Wildman–Crippen LogP) is 2.58. The van der Waals surface area contributed by atoms with Crippen molar-refractivity contribution in [3.05, 3.63) is 58.9 Å². The molecule has 10 heteroatoms. The highest BCUT2D eigenvalue weighted by atomic mass is 35.5. The van der Waals surface area contributed by atoms with Crippen LogP contribution in [0.3, 0.4) is 0 Å². The Balaban J connectivity index is 1.78. The largest absolute Gasteiger partial charge is 0.340 e. The number of hydrogen-bond donors (Lipinski definition) is 1. The van der Waals surface area contributed by atoms with Crippen LogP contribution in [0.5, 0.6) is 0 Å². The SMILES string of the molecule is CC(=O)N1CCN(S(=O)(=O)c2cccc(C(=O)Nc3ccc(F)cc3Cl)c2)CC1. The van der Waals surface area contributed by atoms with Gasteiger partial charge in [0.1, 0.15) is 5.82 Å². The Labute approximate surface area is 173 Å². The number of nitrogens with zero attached hydrogens (tertiary/aromatic N) is 2. The Morgan fingerprint density at radius 3 is 2.38 bits per heavy atom. The van der Waals surface area contributed by atoms with E-state index in [0.29, 0.717) is 13.1 Å². The van der Waals surface area contributed by atoms with E-state index >= 15 is 0 Å². The first-order chi connectivity index (χ1) is 13.7. The Morgan fingerprint density at radius 2 is 1.76 bits per heavy atom. The highest BCUT2D eigenvalue weighted by Crippen LogP contribution is 2.24. The summed E-state index contributed by atoms with van der Waals surface area (Å²) in [6.07, 6.45) is 0. The summed E-state index contributed by atoms with van der Waals surface area (Å²) in [6.45, 7) is 2.45. The lowest BCUT2D eigenvalue weighted by molar-refractivity contribution is -0.129. The fourth-order valence-corrected chi connectivity index (χ4v) is 4.66. The summed E-state index contributed by atoms with van der Waals surface area (Å²) >= 11 is 5.92. The van der Waals surface area contributed by atoms with Crippen molar-refractivity contribution in [3.63, 3.8) is 0 Å². The maximum absolute atomic E-state index is 13.1. The number of halogens is 2. The van der Waals surface area contributed by atoms with E-state index in [1.54, 1.807) is 4.90 Å². The fourth-order valence-electron chi connectivity index (χ4n) is 2.98. The first-order valence-electron chi connectivity index (χ1n) is 8.80. The van der Waals surface area contributed by atoms with Gasteiger partial charge in [0, 0.05) is 38.7 Å². The van der Waals surface area contributed by atoms with Gasteiger partial charge in [-0.1, -0.05) is 17.7 Å². The average molecular weight is 440 g/mol. The monoisotopic (exact) mass is 439 g/mol. The zero-order chi connectivity index (χ0) is 21.2. The van der Waals surface area contributed by atoms with Gasteiger partial charge in [-0.15, -0.1) is 0 Å². The molecule has 154 valence electrons. The molecule has 0 bridgehead atoms. The van der Waals surface area contributed by atoms with Gasteiger partial charge in [0.05, 0.1) is 15.6 Å². The Kier molecular flexibility index (Phi) is 6.21. The minimum Gasteiger partial charge on any atom is -0.340 e. The molecule has 3 rings (SSSR count). The molecular formula is C19H19ClFN3O4S. The van der Waals surface area contributed by atoms with Crippen molar-refractivity contribution < 1.29 is 22.4 Å². The van der Waals surface area contributed by atoms with Crippen molar-refractivity contribution in [1.29, 1.82) is 0 Å². The minimum atomic E-state index is -3.81. The highest BCUT2D eigenvalue weighted by molar-refractivity contribution is 7.89. The number of sulfonamides is 1. The van der Waals surface area contributed by atoms with Crippen LogP contribution in [0, 0.1) is 5.82 Å². The molecule has 1 heterocycles. The first-order valence-corrected chi connectivity index (χ1v) is 10.6. The van der Waals surface area contributed by atoms with Crippen LogP contribution in [0.1, 0.15) is 17.3 Å². The molecule has 0 radical (unpaired) electrons. The molecule has 0 unspecified atom stereocenters. The fraction of sp³-hybridized carbons (Fsp3) is 0.263. The van der Waals surface area contributed by atoms with E-state index in [9.17, 15) is 22.4 Å². The molecule has 1 saturated heterocycles. The van der Waals surface area contributed by atoms with Crippen molar-refractivity contribution in [3.8, 4) is 0 Å². The summed E-state index contributed by atoms with van der Waals surface area (Å²) in [4.78, 5) is 25.5. The summed E-state index contributed by atoms with van der Waals surface area (Å²) in [7, 11) is -3.81. The van der Waals surface area contributed by atoms with E-state index in [4.69, 9.17) is 11.6 Å². The topological polar surface area (TPSA) is 86.8 Å². The highest BCUT2D eigenvalue weighted by Gasteiger charge is 2.29. The van der Waals surface area contributed by atoms with Crippen molar-refractivity contribution in [1.82, 2.24) is 9.21 Å². The van der Waals surface area contributed by atoms with Gasteiger partial charge >= 0.3 is 0 Å². The number of nitrogens with one attached hydrogen (secondary N) is 1. The van der Waals surface area contributed by atoms with E-state index in [1.807, 2.05) is 0 Å². The Hall–Kier alpha value is -2.49. The normalized spacial score (nSPS) is 15.2. The van der Waals surface area contributed by atoms with E-state index < -0.39 is 21.7 Å². The second-order valence-electron chi connectivity index (χ2n) is 6.52. The third-order valence-electron chi connectivity index (χ3n) is 4.60. The van der Waals surface area contributed by atoms with Crippen molar-refractivity contribution >= 4 is 39.1 Å². The lowest BCUT2D eigenvalue weighted by Crippen LogP contribution is -2.49. The Bertz CT molecular complexity index is 1050. The molecule has 7 nitrogen and oxygen atoms in total. The number of amides is 2. The molecule has 1 aliphatic heterocycles. The number of carbonyl (C=O) groups is 2. The predicted molar refractivity (Wildman–Crippen MR) is 107 cm³/mol. The van der Waals surface area contributed by atoms with Gasteiger partial charge in [0.25, 0.3) is 5.91 Å². The quantitative estimate of drug-likeness (QED) is 0.793. The smallest absolute Gasteiger partial charge is 0.255 e. The van der Waals surface area contributed by atoms with Crippen molar-refractivity contribution in [2.24, 2.45) is 0 Å². The molecule has 1 fully saturated rings. The van der Waals surface area contributed by atoms with Crippen molar-refractivity contribution in [2.75, 3.05) is 31.5 Å². The van der Waals surface area contributed by atoms with Crippen LogP contribution in [-0.4, -0.2) is 55.6 Å². The van der Waals surface area contributed by atoms with Crippen molar-refractivity contribution in [2.45, 2.75) is 11.8 Å². The van der Waals surface area contributed by atoms with Gasteiger partial charge in [-0.2, -0.15) is 4.31 Å². The standard InChI is InChI=1S/C19H19ClFN3O4S/c1-13(25)23-7-9-24(10-8-23)29(27,28)16-4-2-3-14(11-16)19(26)22-18-6-5-15(21)12-17(18)20/h2-6,11-12H,7-10H2,1H3,(H,22,26). The van der Waals surface area contributed by atoms with Crippen LogP contribution >= 0.6 is 11.6 Å². The number of piperazine rings is 1. The van der Waals surface area contributed by atoms with E-state index in [1.165, 1.54) is 41.6 Å². The molecular weight excluding hydrogens is 421 g/mol. The molecule has 2 amide bonds. The van der Waals surface area contributed by atoms with Gasteiger partial charge in [-0.3, -0.25) is 9.59 Å². The molecule has 0 aromatic heterocycles. The van der Waals surface area contributed by atoms with Crippen LogP contribution in [-0.2, 0) is 14.8 Å². The molecule has 0 saturated carbocycles. The number of rotatable bonds is 4. The second kappa shape index (κ2) is 8.48. The van der Waals surface area contributed by atoms with Crippen LogP contribution in [0.2, 0.25) is 5.02 Å². The van der Waals surface area contributed by atoms with Gasteiger partial charge in [0.15, 0.2) is 0 Å². The lowest BCUT2D eigenvalue weighted by Gasteiger charge is -2.33. The zero-order valence-electron chi connectivity index (χ0n) is 15.6. The molecule has 2 aromatic carbocycles. The minimum absolute atomic E-state index is 0.0216. The summed E-state index contributed by atoms with van der Waals surface area (Å²) in [6, 6.07) is 9.18. The second-order valence-corrected chi connectivity index (χ2v) is 8.86. The van der Waals surface area contributed by atoms with Crippen LogP contribution < -0.4 is 5.32 Å². The van der Waals surface area contributed by atoms with E-state index in [2.05, 4.69) is 5.32 Å². The number of benzene rings is 2. The number of hydrogen-bond acceptors (Lipinski definition) is 4.